The summed E-state index contributed by atoms with van der Waals surface area (Å²) in [5.74, 6) is -0.501. The summed E-state index contributed by atoms with van der Waals surface area (Å²) in [4.78, 5) is 12.9. The smallest absolute Gasteiger partial charge is 0.267 e. The van der Waals surface area contributed by atoms with Gasteiger partial charge >= 0.3 is 0 Å². The predicted octanol–water partition coefficient (Wildman–Crippen LogP) is 4.67. The van der Waals surface area contributed by atoms with Crippen LogP contribution in [-0.2, 0) is 6.42 Å². The van der Waals surface area contributed by atoms with Crippen molar-refractivity contribution in [3.63, 3.8) is 0 Å². The average Bonchev–Trinajstić information content (AvgIpc) is 3.08. The molecule has 0 saturated carbocycles. The van der Waals surface area contributed by atoms with E-state index in [1.165, 1.54) is 27.4 Å². The highest BCUT2D eigenvalue weighted by Gasteiger charge is 2.59. The molecular weight excluding hydrogens is 403 g/mol. The second kappa shape index (κ2) is 6.15. The van der Waals surface area contributed by atoms with Crippen molar-refractivity contribution in [1.29, 1.82) is 0 Å². The van der Waals surface area contributed by atoms with Gasteiger partial charge in [-0.1, -0.05) is 80.4 Å². The molecule has 1 heterocycles. The number of hydrogen-bond donors (Lipinski definition) is 0. The third-order valence-electron chi connectivity index (χ3n) is 8.69. The van der Waals surface area contributed by atoms with Gasteiger partial charge in [0.15, 0.2) is 0 Å². The van der Waals surface area contributed by atoms with Crippen molar-refractivity contribution in [2.24, 2.45) is 0 Å². The summed E-state index contributed by atoms with van der Waals surface area (Å²) < 4.78 is 0. The van der Waals surface area contributed by atoms with Crippen LogP contribution in [0.2, 0.25) is 39.3 Å². The van der Waals surface area contributed by atoms with Gasteiger partial charge in [-0.15, -0.1) is 0 Å². The lowest BCUT2D eigenvalue weighted by molar-refractivity contribution is 0.0993. The van der Waals surface area contributed by atoms with Gasteiger partial charge in [-0.05, 0) is 53.3 Å². The highest BCUT2D eigenvalue weighted by atomic mass is 29.6. The van der Waals surface area contributed by atoms with Crippen molar-refractivity contribution in [2.45, 2.75) is 59.6 Å². The summed E-state index contributed by atoms with van der Waals surface area (Å²) in [7, 11) is -5.12. The molecule has 0 spiro atoms. The number of benzene rings is 2. The maximum Gasteiger partial charge on any atom is 0.270 e. The minimum Gasteiger partial charge on any atom is -0.267 e. The van der Waals surface area contributed by atoms with Crippen molar-refractivity contribution < 1.29 is 4.79 Å². The summed E-state index contributed by atoms with van der Waals surface area (Å²) in [6.07, 6.45) is 5.37. The van der Waals surface area contributed by atoms with Crippen LogP contribution in [0.5, 0.6) is 0 Å². The van der Waals surface area contributed by atoms with Crippen LogP contribution in [0.15, 0.2) is 24.3 Å². The summed E-state index contributed by atoms with van der Waals surface area (Å²) >= 11 is 0. The Morgan fingerprint density at radius 1 is 0.931 bits per heavy atom. The third kappa shape index (κ3) is 2.41. The zero-order valence-corrected chi connectivity index (χ0v) is 22.0. The van der Waals surface area contributed by atoms with Crippen molar-refractivity contribution in [1.82, 2.24) is 5.73 Å². The van der Waals surface area contributed by atoms with Crippen LogP contribution >= 0.6 is 0 Å². The monoisotopic (exact) mass is 434 g/mol. The Morgan fingerprint density at radius 2 is 1.55 bits per heavy atom. The molecule has 1 aliphatic heterocycles. The van der Waals surface area contributed by atoms with Crippen molar-refractivity contribution >= 4 is 44.6 Å². The van der Waals surface area contributed by atoms with Crippen LogP contribution in [0, 0.1) is 13.8 Å². The van der Waals surface area contributed by atoms with Gasteiger partial charge in [-0.3, -0.25) is 10.5 Å². The van der Waals surface area contributed by atoms with Crippen LogP contribution in [-0.4, -0.2) is 28.2 Å². The first-order valence-corrected chi connectivity index (χ1v) is 21.6. The lowest BCUT2D eigenvalue weighted by Gasteiger charge is -2.55. The zero-order chi connectivity index (χ0) is 21.5. The van der Waals surface area contributed by atoms with Crippen LogP contribution < -0.4 is 16.1 Å². The number of fused-ring (bicyclic) bond motifs is 3. The van der Waals surface area contributed by atoms with Gasteiger partial charge in [0.2, 0.25) is 0 Å². The maximum absolute atomic E-state index is 12.9. The molecular formula is C24H32NOSi3. The van der Waals surface area contributed by atoms with Gasteiger partial charge in [-0.25, -0.2) is 0 Å². The number of hydrogen-bond acceptors (Lipinski definition) is 1. The molecule has 5 heteroatoms. The van der Waals surface area contributed by atoms with Gasteiger partial charge in [0, 0.05) is 12.7 Å². The molecule has 0 saturated heterocycles. The molecule has 2 bridgehead atoms. The Labute approximate surface area is 177 Å². The van der Waals surface area contributed by atoms with E-state index in [9.17, 15) is 4.79 Å². The average molecular weight is 435 g/mol. The van der Waals surface area contributed by atoms with E-state index in [0.717, 1.165) is 23.1 Å². The molecule has 29 heavy (non-hydrogen) atoms. The molecule has 1 aliphatic carbocycles. The molecule has 0 aromatic heterocycles. The standard InChI is InChI=1S/C24H32NOSi3/c1-15-20(19-14-10-12-17-11-9-13-18(17)19)21(24(25)26)23-16(2)22(15)27(3,4)29(7,8)28(23,5)6/h9-10,12-14,25H,11H2,1-8H3. The normalized spacial score (nSPS) is 19.9. The topological polar surface area (TPSA) is 40.9 Å². The zero-order valence-electron chi connectivity index (χ0n) is 19.0. The summed E-state index contributed by atoms with van der Waals surface area (Å²) in [5, 5.41) is 2.88. The molecule has 1 radical (unpaired) electrons. The molecule has 2 aromatic rings. The van der Waals surface area contributed by atoms with Crippen molar-refractivity contribution in [3.8, 4) is 11.1 Å². The number of carbonyl (C=O) groups is 1. The number of amides is 1. The van der Waals surface area contributed by atoms with Crippen LogP contribution in [0.3, 0.4) is 0 Å². The minimum atomic E-state index is -1.86. The molecule has 0 unspecified atom stereocenters. The predicted molar refractivity (Wildman–Crippen MR) is 133 cm³/mol. The molecule has 151 valence electrons. The lowest BCUT2D eigenvalue weighted by Crippen LogP contribution is -2.83. The molecule has 2 aliphatic rings. The fourth-order valence-corrected chi connectivity index (χ4v) is 40.0. The van der Waals surface area contributed by atoms with E-state index >= 15 is 0 Å². The molecule has 0 fully saturated rings. The SMILES string of the molecule is Cc1c(-c2cccc3c2C=CC3)c(C([NH])=O)c2c(C)c1[Si](C)(C)[Si](C)(C)[Si]2(C)C. The lowest BCUT2D eigenvalue weighted by atomic mass is 9.88. The molecule has 0 atom stereocenters. The van der Waals surface area contributed by atoms with Crippen molar-refractivity contribution in [3.05, 3.63) is 52.1 Å². The quantitative estimate of drug-likeness (QED) is 0.633. The molecule has 1 N–H and O–H groups in total. The van der Waals surface area contributed by atoms with Crippen LogP contribution in [0.4, 0.5) is 0 Å². The first-order chi connectivity index (χ1) is 13.4. The van der Waals surface area contributed by atoms with E-state index in [4.69, 9.17) is 5.73 Å². The van der Waals surface area contributed by atoms with E-state index in [-0.39, 0.29) is 0 Å². The molecule has 4 rings (SSSR count). The fraction of sp³-hybridized carbons (Fsp3) is 0.375. The van der Waals surface area contributed by atoms with E-state index in [1.807, 2.05) is 0 Å². The van der Waals surface area contributed by atoms with Crippen LogP contribution in [0.1, 0.15) is 32.6 Å². The Bertz CT molecular complexity index is 1110. The second-order valence-corrected chi connectivity index (χ2v) is 37.7. The van der Waals surface area contributed by atoms with Gasteiger partial charge in [-0.2, -0.15) is 0 Å². The second-order valence-electron chi connectivity index (χ2n) is 10.4. The van der Waals surface area contributed by atoms with E-state index in [2.05, 4.69) is 83.5 Å². The van der Waals surface area contributed by atoms with E-state index < -0.39 is 28.2 Å². The summed E-state index contributed by atoms with van der Waals surface area (Å²) in [6, 6.07) is 6.47. The van der Waals surface area contributed by atoms with E-state index in [0.29, 0.717) is 0 Å². The molecule has 2 nitrogen and oxygen atoms in total. The van der Waals surface area contributed by atoms with Gasteiger partial charge in [0.05, 0.1) is 15.2 Å². The highest BCUT2D eigenvalue weighted by molar-refractivity contribution is 7.74. The van der Waals surface area contributed by atoms with Gasteiger partial charge in [0.25, 0.3) is 5.91 Å². The van der Waals surface area contributed by atoms with Gasteiger partial charge < -0.3 is 0 Å². The first kappa shape index (κ1) is 20.6. The molecule has 2 aromatic carbocycles. The number of allylic oxidation sites excluding steroid dienone is 1. The fourth-order valence-electron chi connectivity index (χ4n) is 6.23. The third-order valence-corrected chi connectivity index (χ3v) is 50.3. The molecule has 1 amide bonds. The van der Waals surface area contributed by atoms with Crippen molar-refractivity contribution in [2.75, 3.05) is 0 Å². The number of nitrogens with one attached hydrogen (secondary N) is 1. The highest BCUT2D eigenvalue weighted by Crippen LogP contribution is 2.41. The summed E-state index contributed by atoms with van der Waals surface area (Å²) in [6.45, 7) is 19.7. The van der Waals surface area contributed by atoms with Gasteiger partial charge in [0.1, 0.15) is 0 Å². The maximum atomic E-state index is 12.9. The number of carbonyl (C=O) groups excluding carboxylic acids is 1. The Balaban J connectivity index is 2.24. The number of rotatable bonds is 2. The Kier molecular flexibility index (Phi) is 4.37. The Morgan fingerprint density at radius 3 is 2.17 bits per heavy atom. The van der Waals surface area contributed by atoms with Crippen LogP contribution in [0.25, 0.3) is 17.2 Å². The summed E-state index contributed by atoms with van der Waals surface area (Å²) in [5.41, 5.74) is 16.5. The first-order valence-electron chi connectivity index (χ1n) is 10.6. The minimum absolute atomic E-state index is 0.501. The largest absolute Gasteiger partial charge is 0.270 e. The van der Waals surface area contributed by atoms with E-state index in [1.54, 1.807) is 5.19 Å². The Hall–Kier alpha value is -1.70.